The number of carboxylic acids is 1. The Morgan fingerprint density at radius 3 is 3.05 bits per heavy atom. The molecule has 1 aromatic carbocycles. The summed E-state index contributed by atoms with van der Waals surface area (Å²) in [5.74, 6) is 0.624. The van der Waals surface area contributed by atoms with Gasteiger partial charge in [-0.1, -0.05) is 12.1 Å². The third-order valence-electron chi connectivity index (χ3n) is 4.21. The van der Waals surface area contributed by atoms with Gasteiger partial charge in [0.2, 0.25) is 6.79 Å². The van der Waals surface area contributed by atoms with E-state index in [-0.39, 0.29) is 12.7 Å². The molecule has 20 heavy (non-hydrogen) atoms. The van der Waals surface area contributed by atoms with E-state index in [4.69, 9.17) is 9.47 Å². The number of carbonyl (C=O) groups is 1. The van der Waals surface area contributed by atoms with Crippen molar-refractivity contribution in [3.05, 3.63) is 23.8 Å². The predicted octanol–water partition coefficient (Wildman–Crippen LogP) is 2.10. The molecule has 0 unspecified atom stereocenters. The second-order valence-corrected chi connectivity index (χ2v) is 5.54. The molecule has 0 spiro atoms. The lowest BCUT2D eigenvalue weighted by Crippen LogP contribution is -2.43. The van der Waals surface area contributed by atoms with E-state index in [9.17, 15) is 9.90 Å². The molecule has 0 bridgehead atoms. The topological polar surface area (TPSA) is 59.0 Å². The van der Waals surface area contributed by atoms with Crippen LogP contribution in [0.2, 0.25) is 0 Å². The first-order valence-electron chi connectivity index (χ1n) is 6.99. The summed E-state index contributed by atoms with van der Waals surface area (Å²) in [4.78, 5) is 13.4. The average Bonchev–Trinajstić information content (AvgIpc) is 2.90. The van der Waals surface area contributed by atoms with Gasteiger partial charge in [0.05, 0.1) is 5.92 Å². The molecule has 1 aromatic rings. The van der Waals surface area contributed by atoms with Crippen LogP contribution in [0.25, 0.3) is 0 Å². The summed E-state index contributed by atoms with van der Waals surface area (Å²) in [6.45, 7) is 3.72. The maximum absolute atomic E-state index is 11.2. The van der Waals surface area contributed by atoms with Crippen LogP contribution in [0.1, 0.15) is 25.3 Å². The molecular formula is C15H19NO4. The lowest BCUT2D eigenvalue weighted by atomic mass is 9.93. The van der Waals surface area contributed by atoms with E-state index >= 15 is 0 Å². The number of hydrogen-bond acceptors (Lipinski definition) is 4. The Morgan fingerprint density at radius 2 is 2.25 bits per heavy atom. The quantitative estimate of drug-likeness (QED) is 0.917. The molecular weight excluding hydrogens is 258 g/mol. The third kappa shape index (κ3) is 2.45. The Labute approximate surface area is 118 Å². The van der Waals surface area contributed by atoms with Gasteiger partial charge in [0.15, 0.2) is 11.5 Å². The van der Waals surface area contributed by atoms with Gasteiger partial charge in [-0.2, -0.15) is 0 Å². The number of hydrogen-bond donors (Lipinski definition) is 1. The van der Waals surface area contributed by atoms with Crippen molar-refractivity contribution in [2.75, 3.05) is 13.3 Å². The summed E-state index contributed by atoms with van der Waals surface area (Å²) in [6, 6.07) is 6.26. The molecule has 108 valence electrons. The van der Waals surface area contributed by atoms with Gasteiger partial charge in [0.25, 0.3) is 0 Å². The Kier molecular flexibility index (Phi) is 3.53. The predicted molar refractivity (Wildman–Crippen MR) is 72.8 cm³/mol. The highest BCUT2D eigenvalue weighted by Crippen LogP contribution is 2.37. The van der Waals surface area contributed by atoms with Crippen LogP contribution < -0.4 is 9.47 Å². The van der Waals surface area contributed by atoms with Gasteiger partial charge in [0.1, 0.15) is 0 Å². The number of likely N-dealkylation sites (tertiary alicyclic amines) is 1. The Hall–Kier alpha value is -1.75. The first kappa shape index (κ1) is 13.2. The number of para-hydroxylation sites is 1. The first-order chi connectivity index (χ1) is 9.65. The molecule has 0 aliphatic carbocycles. The SMILES string of the molecule is C[C@@H]1CC[C@@H](C(=O)O)CN1Cc1cccc2c1OCO2. The van der Waals surface area contributed by atoms with Gasteiger partial charge >= 0.3 is 5.97 Å². The molecule has 2 aliphatic heterocycles. The molecule has 1 fully saturated rings. The van der Waals surface area contributed by atoms with E-state index in [1.54, 1.807) is 0 Å². The van der Waals surface area contributed by atoms with Gasteiger partial charge in [-0.05, 0) is 25.8 Å². The van der Waals surface area contributed by atoms with Gasteiger partial charge in [-0.3, -0.25) is 9.69 Å². The third-order valence-corrected chi connectivity index (χ3v) is 4.21. The van der Waals surface area contributed by atoms with Crippen molar-refractivity contribution >= 4 is 5.97 Å². The van der Waals surface area contributed by atoms with E-state index in [1.165, 1.54) is 0 Å². The van der Waals surface area contributed by atoms with Crippen molar-refractivity contribution in [3.63, 3.8) is 0 Å². The summed E-state index contributed by atoms with van der Waals surface area (Å²) in [5.41, 5.74) is 1.07. The molecule has 2 atom stereocenters. The normalized spacial score (nSPS) is 25.6. The van der Waals surface area contributed by atoms with Crippen LogP contribution in [-0.2, 0) is 11.3 Å². The molecule has 1 saturated heterocycles. The zero-order valence-corrected chi connectivity index (χ0v) is 11.5. The van der Waals surface area contributed by atoms with Crippen LogP contribution in [-0.4, -0.2) is 35.4 Å². The van der Waals surface area contributed by atoms with Crippen LogP contribution in [0, 0.1) is 5.92 Å². The Morgan fingerprint density at radius 1 is 1.40 bits per heavy atom. The van der Waals surface area contributed by atoms with Crippen LogP contribution in [0.4, 0.5) is 0 Å². The number of rotatable bonds is 3. The van der Waals surface area contributed by atoms with Gasteiger partial charge in [0, 0.05) is 24.7 Å². The van der Waals surface area contributed by atoms with Crippen LogP contribution in [0.3, 0.4) is 0 Å². The zero-order valence-electron chi connectivity index (χ0n) is 11.5. The van der Waals surface area contributed by atoms with E-state index in [1.807, 2.05) is 18.2 Å². The molecule has 2 aliphatic rings. The summed E-state index contributed by atoms with van der Waals surface area (Å²) in [5, 5.41) is 9.19. The smallest absolute Gasteiger partial charge is 0.307 e. The maximum Gasteiger partial charge on any atom is 0.307 e. The summed E-state index contributed by atoms with van der Waals surface area (Å²) in [7, 11) is 0. The fraction of sp³-hybridized carbons (Fsp3) is 0.533. The molecule has 0 amide bonds. The van der Waals surface area contributed by atoms with Crippen molar-refractivity contribution in [2.45, 2.75) is 32.4 Å². The van der Waals surface area contributed by atoms with Crippen molar-refractivity contribution in [1.29, 1.82) is 0 Å². The average molecular weight is 277 g/mol. The highest BCUT2D eigenvalue weighted by Gasteiger charge is 2.30. The number of nitrogens with zero attached hydrogens (tertiary/aromatic N) is 1. The molecule has 5 nitrogen and oxygen atoms in total. The van der Waals surface area contributed by atoms with E-state index in [0.29, 0.717) is 19.1 Å². The van der Waals surface area contributed by atoms with Crippen LogP contribution in [0.5, 0.6) is 11.5 Å². The number of fused-ring (bicyclic) bond motifs is 1. The number of piperidine rings is 1. The van der Waals surface area contributed by atoms with E-state index in [0.717, 1.165) is 29.9 Å². The lowest BCUT2D eigenvalue weighted by Gasteiger charge is -2.36. The standard InChI is InChI=1S/C15H19NO4/c1-10-5-6-12(15(17)18)8-16(10)7-11-3-2-4-13-14(11)20-9-19-13/h2-4,10,12H,5-9H2,1H3,(H,17,18)/t10-,12-/m1/s1. The molecule has 2 heterocycles. The van der Waals surface area contributed by atoms with E-state index in [2.05, 4.69) is 11.8 Å². The largest absolute Gasteiger partial charge is 0.481 e. The second-order valence-electron chi connectivity index (χ2n) is 5.54. The molecule has 3 rings (SSSR count). The number of aliphatic carboxylic acids is 1. The van der Waals surface area contributed by atoms with Crippen molar-refractivity contribution in [1.82, 2.24) is 4.90 Å². The highest BCUT2D eigenvalue weighted by molar-refractivity contribution is 5.70. The highest BCUT2D eigenvalue weighted by atomic mass is 16.7. The summed E-state index contributed by atoms with van der Waals surface area (Å²) >= 11 is 0. The van der Waals surface area contributed by atoms with Crippen molar-refractivity contribution < 1.29 is 19.4 Å². The van der Waals surface area contributed by atoms with Crippen molar-refractivity contribution in [3.8, 4) is 11.5 Å². The minimum atomic E-state index is -0.695. The minimum absolute atomic E-state index is 0.264. The van der Waals surface area contributed by atoms with Gasteiger partial charge in [-0.15, -0.1) is 0 Å². The molecule has 0 saturated carbocycles. The van der Waals surface area contributed by atoms with Crippen LogP contribution >= 0.6 is 0 Å². The number of benzene rings is 1. The minimum Gasteiger partial charge on any atom is -0.481 e. The zero-order chi connectivity index (χ0) is 14.1. The second kappa shape index (κ2) is 5.32. The van der Waals surface area contributed by atoms with Gasteiger partial charge < -0.3 is 14.6 Å². The maximum atomic E-state index is 11.2. The monoisotopic (exact) mass is 277 g/mol. The fourth-order valence-corrected chi connectivity index (χ4v) is 2.94. The Bertz CT molecular complexity index is 517. The molecule has 1 N–H and O–H groups in total. The fourth-order valence-electron chi connectivity index (χ4n) is 2.94. The molecule has 0 aromatic heterocycles. The van der Waals surface area contributed by atoms with Gasteiger partial charge in [-0.25, -0.2) is 0 Å². The number of ether oxygens (including phenoxy) is 2. The Balaban J connectivity index is 1.76. The lowest BCUT2D eigenvalue weighted by molar-refractivity contribution is -0.144. The summed E-state index contributed by atoms with van der Waals surface area (Å²) in [6.07, 6.45) is 1.68. The van der Waals surface area contributed by atoms with Crippen LogP contribution in [0.15, 0.2) is 18.2 Å². The molecule has 5 heteroatoms. The number of carboxylic acid groups (broad SMARTS) is 1. The molecule has 0 radical (unpaired) electrons. The van der Waals surface area contributed by atoms with Crippen molar-refractivity contribution in [2.24, 2.45) is 5.92 Å². The first-order valence-corrected chi connectivity index (χ1v) is 6.99. The summed E-state index contributed by atoms with van der Waals surface area (Å²) < 4.78 is 10.9. The van der Waals surface area contributed by atoms with E-state index < -0.39 is 5.97 Å².